The van der Waals surface area contributed by atoms with Crippen molar-refractivity contribution in [2.75, 3.05) is 18.5 Å². The first kappa shape index (κ1) is 11.9. The molecule has 1 N–H and O–H groups in total. The van der Waals surface area contributed by atoms with Gasteiger partial charge in [0.2, 0.25) is 0 Å². The summed E-state index contributed by atoms with van der Waals surface area (Å²) in [4.78, 5) is 5.45. The summed E-state index contributed by atoms with van der Waals surface area (Å²) < 4.78 is 7.22. The smallest absolute Gasteiger partial charge is 0.182 e. The van der Waals surface area contributed by atoms with Crippen molar-refractivity contribution in [3.63, 3.8) is 0 Å². The summed E-state index contributed by atoms with van der Waals surface area (Å²) in [6.07, 6.45) is 5.51. The van der Waals surface area contributed by atoms with Gasteiger partial charge in [-0.05, 0) is 13.8 Å². The van der Waals surface area contributed by atoms with Crippen LogP contribution < -0.4 is 10.1 Å². The fraction of sp³-hybridized carbons (Fsp3) is 0.455. The molecule has 2 aromatic rings. The van der Waals surface area contributed by atoms with Crippen LogP contribution in [0.15, 0.2) is 18.6 Å². The van der Waals surface area contributed by atoms with Crippen LogP contribution in [0.2, 0.25) is 0 Å². The summed E-state index contributed by atoms with van der Waals surface area (Å²) in [5, 5.41) is 8.39. The summed E-state index contributed by atoms with van der Waals surface area (Å²) in [6, 6.07) is 0. The van der Waals surface area contributed by atoms with Crippen LogP contribution in [-0.2, 0) is 6.54 Å². The lowest BCUT2D eigenvalue weighted by Gasteiger charge is -1.98. The number of nitrogens with zero attached hydrogens (tertiary/aromatic N) is 3. The molecule has 2 aromatic heterocycles. The summed E-state index contributed by atoms with van der Waals surface area (Å²) in [7, 11) is 0. The van der Waals surface area contributed by atoms with Crippen LogP contribution in [0.4, 0.5) is 5.13 Å². The minimum Gasteiger partial charge on any atom is -0.491 e. The molecule has 0 amide bonds. The zero-order valence-corrected chi connectivity index (χ0v) is 10.8. The van der Waals surface area contributed by atoms with Gasteiger partial charge in [-0.3, -0.25) is 4.68 Å². The van der Waals surface area contributed by atoms with Gasteiger partial charge in [0.1, 0.15) is 0 Å². The summed E-state index contributed by atoms with van der Waals surface area (Å²) in [5.74, 6) is 0.809. The van der Waals surface area contributed by atoms with E-state index in [1.165, 1.54) is 4.88 Å². The van der Waals surface area contributed by atoms with E-state index in [0.29, 0.717) is 6.61 Å². The predicted octanol–water partition coefficient (Wildman–Crippen LogP) is 2.22. The second-order valence-electron chi connectivity index (χ2n) is 3.47. The molecule has 0 aliphatic carbocycles. The summed E-state index contributed by atoms with van der Waals surface area (Å²) in [5.41, 5.74) is 0. The van der Waals surface area contributed by atoms with Gasteiger partial charge in [0.25, 0.3) is 0 Å². The Hall–Kier alpha value is -1.56. The zero-order valence-electron chi connectivity index (χ0n) is 10.0. The van der Waals surface area contributed by atoms with Gasteiger partial charge in [0, 0.05) is 17.6 Å². The van der Waals surface area contributed by atoms with Crippen molar-refractivity contribution >= 4 is 16.5 Å². The zero-order chi connectivity index (χ0) is 12.1. The molecule has 0 radical (unpaired) electrons. The molecule has 17 heavy (non-hydrogen) atoms. The summed E-state index contributed by atoms with van der Waals surface area (Å²) >= 11 is 1.65. The van der Waals surface area contributed by atoms with Crippen LogP contribution in [0.3, 0.4) is 0 Å². The van der Waals surface area contributed by atoms with Crippen LogP contribution in [0.5, 0.6) is 5.75 Å². The van der Waals surface area contributed by atoms with Crippen molar-refractivity contribution in [2.24, 2.45) is 0 Å². The Bertz CT molecular complexity index is 423. The Morgan fingerprint density at radius 2 is 2.29 bits per heavy atom. The molecule has 6 heteroatoms. The molecule has 0 bridgehead atoms. The van der Waals surface area contributed by atoms with Crippen LogP contribution in [0, 0.1) is 0 Å². The van der Waals surface area contributed by atoms with Gasteiger partial charge < -0.3 is 10.1 Å². The second kappa shape index (κ2) is 5.67. The number of rotatable bonds is 6. The van der Waals surface area contributed by atoms with Crippen LogP contribution >= 0.6 is 11.3 Å². The molecular weight excluding hydrogens is 236 g/mol. The van der Waals surface area contributed by atoms with E-state index in [4.69, 9.17) is 4.74 Å². The minimum atomic E-state index is 0.664. The van der Waals surface area contributed by atoms with E-state index in [9.17, 15) is 0 Å². The molecule has 0 fully saturated rings. The third-order valence-corrected chi connectivity index (χ3v) is 3.06. The molecule has 0 atom stereocenters. The molecule has 0 saturated carbocycles. The van der Waals surface area contributed by atoms with Crippen LogP contribution in [0.1, 0.15) is 18.7 Å². The first-order valence-electron chi connectivity index (χ1n) is 5.65. The van der Waals surface area contributed by atoms with Gasteiger partial charge in [-0.25, -0.2) is 4.98 Å². The minimum absolute atomic E-state index is 0.664. The highest BCUT2D eigenvalue weighted by molar-refractivity contribution is 7.15. The van der Waals surface area contributed by atoms with E-state index in [1.807, 2.05) is 24.0 Å². The largest absolute Gasteiger partial charge is 0.491 e. The fourth-order valence-corrected chi connectivity index (χ4v) is 2.32. The topological polar surface area (TPSA) is 52.0 Å². The average Bonchev–Trinajstić information content (AvgIpc) is 2.91. The molecule has 2 heterocycles. The van der Waals surface area contributed by atoms with Crippen LogP contribution in [0.25, 0.3) is 0 Å². The fourth-order valence-electron chi connectivity index (χ4n) is 1.45. The molecule has 0 aliphatic rings. The highest BCUT2D eigenvalue weighted by Crippen LogP contribution is 2.19. The number of anilines is 1. The lowest BCUT2D eigenvalue weighted by atomic mass is 10.5. The Kier molecular flexibility index (Phi) is 3.98. The number of nitrogens with one attached hydrogen (secondary N) is 1. The predicted molar refractivity (Wildman–Crippen MR) is 68.8 cm³/mol. The number of aromatic nitrogens is 3. The first-order valence-corrected chi connectivity index (χ1v) is 6.47. The monoisotopic (exact) mass is 252 g/mol. The quantitative estimate of drug-likeness (QED) is 0.856. The van der Waals surface area contributed by atoms with Gasteiger partial charge >= 0.3 is 0 Å². The molecule has 92 valence electrons. The number of thiazole rings is 1. The average molecular weight is 252 g/mol. The SMILES string of the molecule is CCNc1ncc(Cn2cc(OCC)cn2)s1. The molecule has 0 spiro atoms. The van der Waals surface area contributed by atoms with Crippen molar-refractivity contribution < 1.29 is 4.74 Å². The van der Waals surface area contributed by atoms with Crippen LogP contribution in [-0.4, -0.2) is 27.9 Å². The highest BCUT2D eigenvalue weighted by atomic mass is 32.1. The van der Waals surface area contributed by atoms with Crippen molar-refractivity contribution in [3.05, 3.63) is 23.5 Å². The third-order valence-electron chi connectivity index (χ3n) is 2.12. The van der Waals surface area contributed by atoms with Gasteiger partial charge in [-0.15, -0.1) is 11.3 Å². The maximum atomic E-state index is 5.36. The standard InChI is InChI=1S/C11H16N4OS/c1-3-12-11-13-6-10(17-11)8-15-7-9(5-14-15)16-4-2/h5-7H,3-4,8H2,1-2H3,(H,12,13). The Morgan fingerprint density at radius 1 is 1.41 bits per heavy atom. The van der Waals surface area contributed by atoms with Crippen molar-refractivity contribution in [1.29, 1.82) is 0 Å². The first-order chi connectivity index (χ1) is 8.31. The van der Waals surface area contributed by atoms with Gasteiger partial charge in [0.15, 0.2) is 10.9 Å². The second-order valence-corrected chi connectivity index (χ2v) is 4.58. The Morgan fingerprint density at radius 3 is 3.06 bits per heavy atom. The van der Waals surface area contributed by atoms with Gasteiger partial charge in [-0.1, -0.05) is 0 Å². The lowest BCUT2D eigenvalue weighted by Crippen LogP contribution is -1.97. The summed E-state index contributed by atoms with van der Waals surface area (Å²) in [6.45, 7) is 6.31. The molecule has 0 aliphatic heterocycles. The molecule has 0 aromatic carbocycles. The molecule has 0 saturated heterocycles. The highest BCUT2D eigenvalue weighted by Gasteiger charge is 2.04. The van der Waals surface area contributed by atoms with E-state index < -0.39 is 0 Å². The van der Waals surface area contributed by atoms with E-state index in [0.717, 1.165) is 24.0 Å². The van der Waals surface area contributed by atoms with E-state index in [2.05, 4.69) is 22.3 Å². The lowest BCUT2D eigenvalue weighted by molar-refractivity contribution is 0.340. The molecular formula is C11H16N4OS. The molecule has 2 rings (SSSR count). The van der Waals surface area contributed by atoms with Crippen molar-refractivity contribution in [1.82, 2.24) is 14.8 Å². The maximum absolute atomic E-state index is 5.36. The Balaban J connectivity index is 1.98. The van der Waals surface area contributed by atoms with Gasteiger partial charge in [0.05, 0.1) is 25.5 Å². The number of hydrogen-bond acceptors (Lipinski definition) is 5. The maximum Gasteiger partial charge on any atom is 0.182 e. The Labute approximate surface area is 104 Å². The molecule has 0 unspecified atom stereocenters. The molecule has 5 nitrogen and oxygen atoms in total. The van der Waals surface area contributed by atoms with Crippen molar-refractivity contribution in [2.45, 2.75) is 20.4 Å². The van der Waals surface area contributed by atoms with Gasteiger partial charge in [-0.2, -0.15) is 5.10 Å². The van der Waals surface area contributed by atoms with E-state index in [-0.39, 0.29) is 0 Å². The number of hydrogen-bond donors (Lipinski definition) is 1. The third kappa shape index (κ3) is 3.20. The number of ether oxygens (including phenoxy) is 1. The normalized spacial score (nSPS) is 10.5. The van der Waals surface area contributed by atoms with E-state index in [1.54, 1.807) is 17.5 Å². The van der Waals surface area contributed by atoms with E-state index >= 15 is 0 Å². The van der Waals surface area contributed by atoms with Crippen molar-refractivity contribution in [3.8, 4) is 5.75 Å².